The van der Waals surface area contributed by atoms with Crippen molar-refractivity contribution < 1.29 is 5.11 Å². The van der Waals surface area contributed by atoms with Crippen molar-refractivity contribution in [2.24, 2.45) is 11.1 Å². The molecule has 1 unspecified atom stereocenters. The molecule has 0 amide bonds. The van der Waals surface area contributed by atoms with E-state index in [2.05, 4.69) is 11.9 Å². The van der Waals surface area contributed by atoms with E-state index < -0.39 is 6.10 Å². The quantitative estimate of drug-likeness (QED) is 0.802. The van der Waals surface area contributed by atoms with Gasteiger partial charge < -0.3 is 10.8 Å². The zero-order valence-corrected chi connectivity index (χ0v) is 9.40. The molecule has 0 saturated heterocycles. The molecule has 0 radical (unpaired) electrons. The molecule has 4 heteroatoms. The number of aliphatic hydroxyl groups excluding tert-OH is 1. The first-order valence-corrected chi connectivity index (χ1v) is 5.73. The average Bonchev–Trinajstić information content (AvgIpc) is 2.79. The minimum absolute atomic E-state index is 0.0795. The number of aryl methyl sites for hydroxylation is 1. The molecule has 0 aliphatic heterocycles. The van der Waals surface area contributed by atoms with Crippen LogP contribution in [0.3, 0.4) is 0 Å². The van der Waals surface area contributed by atoms with E-state index in [9.17, 15) is 5.11 Å². The summed E-state index contributed by atoms with van der Waals surface area (Å²) in [5, 5.41) is 10.9. The normalized spacial score (nSPS) is 20.9. The van der Waals surface area contributed by atoms with Crippen LogP contribution in [0.25, 0.3) is 0 Å². The first-order valence-electron chi connectivity index (χ1n) is 4.91. The van der Waals surface area contributed by atoms with Gasteiger partial charge in [0, 0.05) is 16.8 Å². The van der Waals surface area contributed by atoms with Crippen LogP contribution in [0.2, 0.25) is 0 Å². The van der Waals surface area contributed by atoms with Gasteiger partial charge in [0.25, 0.3) is 0 Å². The van der Waals surface area contributed by atoms with Crippen molar-refractivity contribution in [2.75, 3.05) is 0 Å². The van der Waals surface area contributed by atoms with Crippen molar-refractivity contribution in [3.63, 3.8) is 0 Å². The summed E-state index contributed by atoms with van der Waals surface area (Å²) >= 11 is 1.55. The Morgan fingerprint density at radius 2 is 2.29 bits per heavy atom. The number of aromatic nitrogens is 1. The lowest BCUT2D eigenvalue weighted by Gasteiger charge is -2.13. The number of nitrogens with two attached hydrogens (primary N) is 1. The van der Waals surface area contributed by atoms with E-state index in [0.717, 1.165) is 28.4 Å². The van der Waals surface area contributed by atoms with Gasteiger partial charge in [0.2, 0.25) is 0 Å². The van der Waals surface area contributed by atoms with Gasteiger partial charge in [-0.1, -0.05) is 6.92 Å². The van der Waals surface area contributed by atoms with Crippen molar-refractivity contribution in [1.29, 1.82) is 0 Å². The third-order valence-electron chi connectivity index (χ3n) is 3.03. The van der Waals surface area contributed by atoms with E-state index in [1.54, 1.807) is 11.3 Å². The second-order valence-electron chi connectivity index (χ2n) is 4.32. The van der Waals surface area contributed by atoms with Crippen LogP contribution in [-0.4, -0.2) is 10.1 Å². The van der Waals surface area contributed by atoms with Gasteiger partial charge in [0.15, 0.2) is 0 Å². The number of hydrogen-bond donors (Lipinski definition) is 2. The highest BCUT2D eigenvalue weighted by Crippen LogP contribution is 2.54. The Morgan fingerprint density at radius 3 is 2.71 bits per heavy atom. The highest BCUT2D eigenvalue weighted by atomic mass is 32.1. The largest absolute Gasteiger partial charge is 0.385 e. The molecular formula is C10H16N2OS. The van der Waals surface area contributed by atoms with E-state index in [1.807, 2.05) is 6.92 Å². The molecule has 0 spiro atoms. The summed E-state index contributed by atoms with van der Waals surface area (Å²) in [4.78, 5) is 5.46. The molecule has 3 N–H and O–H groups in total. The summed E-state index contributed by atoms with van der Waals surface area (Å²) in [6, 6.07) is 0. The molecule has 1 aliphatic carbocycles. The maximum Gasteiger partial charge on any atom is 0.122 e. The van der Waals surface area contributed by atoms with Crippen molar-refractivity contribution in [2.45, 2.75) is 39.3 Å². The molecule has 1 fully saturated rings. The van der Waals surface area contributed by atoms with E-state index in [4.69, 9.17) is 5.73 Å². The zero-order valence-electron chi connectivity index (χ0n) is 8.58. The van der Waals surface area contributed by atoms with E-state index >= 15 is 0 Å². The molecule has 1 heterocycles. The highest BCUT2D eigenvalue weighted by Gasteiger charge is 2.46. The summed E-state index contributed by atoms with van der Waals surface area (Å²) in [7, 11) is 0. The maximum absolute atomic E-state index is 10.1. The maximum atomic E-state index is 10.1. The van der Waals surface area contributed by atoms with E-state index in [-0.39, 0.29) is 5.41 Å². The van der Waals surface area contributed by atoms with Gasteiger partial charge >= 0.3 is 0 Å². The lowest BCUT2D eigenvalue weighted by Crippen LogP contribution is -2.09. The molecule has 2 rings (SSSR count). The minimum atomic E-state index is -0.397. The molecule has 1 aromatic rings. The fourth-order valence-electron chi connectivity index (χ4n) is 1.53. The number of thiazole rings is 1. The van der Waals surface area contributed by atoms with Gasteiger partial charge in [-0.05, 0) is 19.8 Å². The van der Waals surface area contributed by atoms with Crippen LogP contribution in [-0.2, 0) is 6.54 Å². The van der Waals surface area contributed by atoms with Crippen molar-refractivity contribution in [1.82, 2.24) is 4.98 Å². The van der Waals surface area contributed by atoms with Gasteiger partial charge in [0.05, 0.1) is 5.69 Å². The second-order valence-corrected chi connectivity index (χ2v) is 5.44. The molecule has 0 bridgehead atoms. The molecule has 3 nitrogen and oxygen atoms in total. The lowest BCUT2D eigenvalue weighted by molar-refractivity contribution is 0.103. The minimum Gasteiger partial charge on any atom is -0.385 e. The van der Waals surface area contributed by atoms with Gasteiger partial charge in [-0.3, -0.25) is 0 Å². The average molecular weight is 212 g/mol. The predicted octanol–water partition coefficient (Wildman–Crippen LogP) is 1.74. The second kappa shape index (κ2) is 3.29. The molecule has 1 atom stereocenters. The lowest BCUT2D eigenvalue weighted by atomic mass is 10.0. The molecule has 14 heavy (non-hydrogen) atoms. The highest BCUT2D eigenvalue weighted by molar-refractivity contribution is 7.11. The number of rotatable bonds is 3. The van der Waals surface area contributed by atoms with Crippen LogP contribution in [0.15, 0.2) is 0 Å². The van der Waals surface area contributed by atoms with Crippen molar-refractivity contribution in [3.8, 4) is 0 Å². The van der Waals surface area contributed by atoms with Gasteiger partial charge in [-0.15, -0.1) is 11.3 Å². The van der Waals surface area contributed by atoms with Crippen molar-refractivity contribution in [3.05, 3.63) is 15.6 Å². The zero-order chi connectivity index (χ0) is 10.3. The first kappa shape index (κ1) is 10.1. The van der Waals surface area contributed by atoms with Crippen LogP contribution in [0.5, 0.6) is 0 Å². The van der Waals surface area contributed by atoms with Gasteiger partial charge in [-0.2, -0.15) is 0 Å². The third kappa shape index (κ3) is 1.58. The molecular weight excluding hydrogens is 196 g/mol. The molecule has 78 valence electrons. The monoisotopic (exact) mass is 212 g/mol. The fourth-order valence-corrected chi connectivity index (χ4v) is 2.63. The fraction of sp³-hybridized carbons (Fsp3) is 0.700. The Labute approximate surface area is 88.0 Å². The predicted molar refractivity (Wildman–Crippen MR) is 57.0 cm³/mol. The summed E-state index contributed by atoms with van der Waals surface area (Å²) in [6.45, 7) is 4.58. The smallest absolute Gasteiger partial charge is 0.122 e. The summed E-state index contributed by atoms with van der Waals surface area (Å²) < 4.78 is 0. The Hall–Kier alpha value is -0.450. The molecule has 0 aromatic carbocycles. The molecule has 1 saturated carbocycles. The third-order valence-corrected chi connectivity index (χ3v) is 4.26. The van der Waals surface area contributed by atoms with Crippen LogP contribution in [0, 0.1) is 12.3 Å². The van der Waals surface area contributed by atoms with Crippen LogP contribution in [0.4, 0.5) is 0 Å². The topological polar surface area (TPSA) is 59.1 Å². The van der Waals surface area contributed by atoms with Crippen LogP contribution in [0.1, 0.15) is 41.4 Å². The summed E-state index contributed by atoms with van der Waals surface area (Å²) in [6.07, 6.45) is 1.81. The van der Waals surface area contributed by atoms with Crippen molar-refractivity contribution >= 4 is 11.3 Å². The van der Waals surface area contributed by atoms with Gasteiger partial charge in [-0.25, -0.2) is 4.98 Å². The van der Waals surface area contributed by atoms with Crippen LogP contribution < -0.4 is 5.73 Å². The number of aliphatic hydroxyl groups is 1. The summed E-state index contributed by atoms with van der Waals surface area (Å²) in [5.74, 6) is 0. The standard InChI is InChI=1S/C10H16N2OS/c1-6-7(5-11)14-9(12-6)8(13)10(2)3-4-10/h8,13H,3-5,11H2,1-2H3. The van der Waals surface area contributed by atoms with Gasteiger partial charge in [0.1, 0.15) is 11.1 Å². The first-order chi connectivity index (χ1) is 6.57. The Bertz CT molecular complexity index is 344. The van der Waals surface area contributed by atoms with E-state index in [0.29, 0.717) is 6.54 Å². The number of hydrogen-bond acceptors (Lipinski definition) is 4. The Kier molecular flexibility index (Phi) is 2.37. The van der Waals surface area contributed by atoms with Crippen LogP contribution >= 0.6 is 11.3 Å². The number of nitrogens with zero attached hydrogens (tertiary/aromatic N) is 1. The Balaban J connectivity index is 2.23. The SMILES string of the molecule is Cc1nc(C(O)C2(C)CC2)sc1CN. The van der Waals surface area contributed by atoms with E-state index in [1.165, 1.54) is 0 Å². The molecule has 1 aliphatic rings. The molecule has 1 aromatic heterocycles. The Morgan fingerprint density at radius 1 is 1.64 bits per heavy atom. The summed E-state index contributed by atoms with van der Waals surface area (Å²) in [5.41, 5.74) is 6.63.